The molecule has 4 N–H and O–H groups in total. The predicted octanol–water partition coefficient (Wildman–Crippen LogP) is 3.78. The Kier molecular flexibility index (Phi) is 7.91. The van der Waals surface area contributed by atoms with Gasteiger partial charge in [-0.15, -0.1) is 0 Å². The number of nitrogens with zero attached hydrogens (tertiary/aromatic N) is 4. The summed E-state index contributed by atoms with van der Waals surface area (Å²) in [5, 5.41) is 28.9. The average molecular weight is 581 g/mol. The van der Waals surface area contributed by atoms with Crippen molar-refractivity contribution in [1.82, 2.24) is 24.8 Å². The molecule has 0 bridgehead atoms. The molecule has 212 valence electrons. The number of fused-ring (bicyclic) bond motifs is 1. The topological polar surface area (TPSA) is 125 Å². The van der Waals surface area contributed by atoms with E-state index in [4.69, 9.17) is 11.6 Å². The quantitative estimate of drug-likeness (QED) is 0.245. The highest BCUT2D eigenvalue weighted by Crippen LogP contribution is 2.51. The molecule has 1 fully saturated rings. The van der Waals surface area contributed by atoms with E-state index >= 15 is 0 Å². The molecule has 0 saturated heterocycles. The summed E-state index contributed by atoms with van der Waals surface area (Å²) in [6.07, 6.45) is -0.581. The zero-order valence-electron chi connectivity index (χ0n) is 22.2. The monoisotopic (exact) mass is 580 g/mol. The molecule has 4 atom stereocenters. The molecule has 1 aliphatic rings. The summed E-state index contributed by atoms with van der Waals surface area (Å²) in [6, 6.07) is 10.5. The van der Waals surface area contributed by atoms with Crippen LogP contribution in [0.1, 0.15) is 42.9 Å². The van der Waals surface area contributed by atoms with Gasteiger partial charge in [0.05, 0.1) is 11.7 Å². The van der Waals surface area contributed by atoms with Crippen molar-refractivity contribution >= 4 is 34.5 Å². The molecular formula is C29H27ClF2N6O3. The number of nitrogens with one attached hydrogen (secondary N) is 2. The second-order valence-electron chi connectivity index (χ2n) is 10.00. The van der Waals surface area contributed by atoms with Gasteiger partial charge in [-0.25, -0.2) is 23.7 Å². The van der Waals surface area contributed by atoms with Crippen LogP contribution in [0.3, 0.4) is 0 Å². The van der Waals surface area contributed by atoms with Gasteiger partial charge >= 0.3 is 0 Å². The van der Waals surface area contributed by atoms with Gasteiger partial charge in [-0.3, -0.25) is 9.36 Å². The van der Waals surface area contributed by atoms with E-state index in [2.05, 4.69) is 37.4 Å². The maximum absolute atomic E-state index is 13.7. The molecule has 0 unspecified atom stereocenters. The summed E-state index contributed by atoms with van der Waals surface area (Å²) >= 11 is 6.11. The van der Waals surface area contributed by atoms with Crippen molar-refractivity contribution in [2.45, 2.75) is 38.6 Å². The number of hydrogen-bond acceptors (Lipinski definition) is 7. The number of aromatic nitrogens is 4. The lowest BCUT2D eigenvalue weighted by Gasteiger charge is -2.50. The van der Waals surface area contributed by atoms with E-state index in [0.29, 0.717) is 18.0 Å². The van der Waals surface area contributed by atoms with Crippen molar-refractivity contribution < 1.29 is 23.8 Å². The second-order valence-corrected chi connectivity index (χ2v) is 10.4. The lowest BCUT2D eigenvalue weighted by atomic mass is 9.56. The Morgan fingerprint density at radius 1 is 1.20 bits per heavy atom. The minimum Gasteiger partial charge on any atom is -0.387 e. The zero-order valence-corrected chi connectivity index (χ0v) is 23.0. The SMILES string of the molecule is CNC(=O)[C@@]1([C@@H](O)[C@@H](O)n2cnc3c(NCc4cccc(Cl)c4)nc(C#Cc4ccc(F)c(F)c4)nc32)CC[C@@H]1C. The average Bonchev–Trinajstić information content (AvgIpc) is 3.39. The Labute approximate surface area is 239 Å². The van der Waals surface area contributed by atoms with Crippen LogP contribution in [0, 0.1) is 34.8 Å². The first-order valence-corrected chi connectivity index (χ1v) is 13.3. The summed E-state index contributed by atoms with van der Waals surface area (Å²) in [5.74, 6) is 3.19. The highest BCUT2D eigenvalue weighted by molar-refractivity contribution is 6.30. The molecule has 9 nitrogen and oxygen atoms in total. The fourth-order valence-corrected chi connectivity index (χ4v) is 5.34. The predicted molar refractivity (Wildman–Crippen MR) is 149 cm³/mol. The van der Waals surface area contributed by atoms with Crippen molar-refractivity contribution in [3.63, 3.8) is 0 Å². The molecule has 12 heteroatoms. The Balaban J connectivity index is 1.56. The summed E-state index contributed by atoms with van der Waals surface area (Å²) in [6.45, 7) is 2.17. The Hall–Kier alpha value is -4.11. The summed E-state index contributed by atoms with van der Waals surface area (Å²) in [5.41, 5.74) is 0.318. The Bertz CT molecular complexity index is 1690. The van der Waals surface area contributed by atoms with Gasteiger partial charge in [0.1, 0.15) is 6.10 Å². The molecule has 1 amide bonds. The first kappa shape index (κ1) is 28.4. The highest BCUT2D eigenvalue weighted by Gasteiger charge is 2.57. The van der Waals surface area contributed by atoms with Crippen LogP contribution in [0.5, 0.6) is 0 Å². The lowest BCUT2D eigenvalue weighted by molar-refractivity contribution is -0.177. The third-order valence-electron chi connectivity index (χ3n) is 7.62. The number of hydrogen-bond donors (Lipinski definition) is 4. The molecule has 41 heavy (non-hydrogen) atoms. The number of aliphatic hydroxyl groups is 2. The van der Waals surface area contributed by atoms with E-state index in [-0.39, 0.29) is 40.2 Å². The molecule has 0 aliphatic heterocycles. The number of aliphatic hydroxyl groups excluding tert-OH is 2. The third-order valence-corrected chi connectivity index (χ3v) is 7.86. The third kappa shape index (κ3) is 5.34. The van der Waals surface area contributed by atoms with Crippen LogP contribution in [-0.2, 0) is 11.3 Å². The van der Waals surface area contributed by atoms with E-state index < -0.39 is 29.4 Å². The number of carbonyl (C=O) groups excluding carboxylic acids is 1. The zero-order chi connectivity index (χ0) is 29.3. The van der Waals surface area contributed by atoms with Crippen molar-refractivity contribution in [2.75, 3.05) is 12.4 Å². The first-order valence-electron chi connectivity index (χ1n) is 12.9. The number of halogens is 3. The van der Waals surface area contributed by atoms with Crippen LogP contribution in [0.2, 0.25) is 5.02 Å². The number of imidazole rings is 1. The van der Waals surface area contributed by atoms with Gasteiger partial charge in [0.2, 0.25) is 11.7 Å². The maximum Gasteiger partial charge on any atom is 0.229 e. The number of amides is 1. The van der Waals surface area contributed by atoms with Gasteiger partial charge in [0.15, 0.2) is 34.8 Å². The van der Waals surface area contributed by atoms with E-state index in [1.165, 1.54) is 24.0 Å². The largest absolute Gasteiger partial charge is 0.387 e. The molecule has 4 aromatic rings. The van der Waals surface area contributed by atoms with Crippen LogP contribution >= 0.6 is 11.6 Å². The van der Waals surface area contributed by atoms with Crippen LogP contribution in [0.4, 0.5) is 14.6 Å². The summed E-state index contributed by atoms with van der Waals surface area (Å²) < 4.78 is 28.3. The van der Waals surface area contributed by atoms with Crippen molar-refractivity contribution in [1.29, 1.82) is 0 Å². The van der Waals surface area contributed by atoms with E-state index in [9.17, 15) is 23.8 Å². The smallest absolute Gasteiger partial charge is 0.229 e. The number of anilines is 1. The van der Waals surface area contributed by atoms with Gasteiger partial charge in [-0.2, -0.15) is 0 Å². The minimum atomic E-state index is -1.57. The fourth-order valence-electron chi connectivity index (χ4n) is 5.13. The molecule has 2 heterocycles. The van der Waals surface area contributed by atoms with Crippen LogP contribution < -0.4 is 10.6 Å². The van der Waals surface area contributed by atoms with Crippen LogP contribution in [-0.4, -0.2) is 48.8 Å². The van der Waals surface area contributed by atoms with Crippen LogP contribution in [0.15, 0.2) is 48.8 Å². The number of carbonyl (C=O) groups is 1. The fraction of sp³-hybridized carbons (Fsp3) is 0.310. The van der Waals surface area contributed by atoms with E-state index in [1.807, 2.05) is 19.1 Å². The van der Waals surface area contributed by atoms with Crippen molar-refractivity contribution in [3.8, 4) is 11.8 Å². The Morgan fingerprint density at radius 3 is 2.66 bits per heavy atom. The second kappa shape index (κ2) is 11.4. The molecule has 1 saturated carbocycles. The molecular weight excluding hydrogens is 554 g/mol. The lowest BCUT2D eigenvalue weighted by Crippen LogP contribution is -2.59. The molecule has 0 radical (unpaired) electrons. The minimum absolute atomic E-state index is 0.00251. The number of rotatable bonds is 7. The molecule has 1 aliphatic carbocycles. The molecule has 0 spiro atoms. The van der Waals surface area contributed by atoms with Crippen LogP contribution in [0.25, 0.3) is 11.2 Å². The highest BCUT2D eigenvalue weighted by atomic mass is 35.5. The van der Waals surface area contributed by atoms with Gasteiger partial charge in [-0.1, -0.05) is 36.6 Å². The molecule has 2 aromatic carbocycles. The number of benzene rings is 2. The van der Waals surface area contributed by atoms with E-state index in [1.54, 1.807) is 12.1 Å². The first-order chi connectivity index (χ1) is 19.6. The molecule has 2 aromatic heterocycles. The van der Waals surface area contributed by atoms with Gasteiger partial charge in [0, 0.05) is 24.2 Å². The van der Waals surface area contributed by atoms with Gasteiger partial charge in [-0.05, 0) is 60.6 Å². The molecule has 5 rings (SSSR count). The van der Waals surface area contributed by atoms with Gasteiger partial charge < -0.3 is 20.8 Å². The Morgan fingerprint density at radius 2 is 2.00 bits per heavy atom. The van der Waals surface area contributed by atoms with Gasteiger partial charge in [0.25, 0.3) is 0 Å². The summed E-state index contributed by atoms with van der Waals surface area (Å²) in [7, 11) is 1.49. The van der Waals surface area contributed by atoms with E-state index in [0.717, 1.165) is 24.1 Å². The summed E-state index contributed by atoms with van der Waals surface area (Å²) in [4.78, 5) is 26.1. The van der Waals surface area contributed by atoms with Crippen molar-refractivity contribution in [2.24, 2.45) is 11.3 Å². The maximum atomic E-state index is 13.7. The normalized spacial score (nSPS) is 19.5. The standard InChI is InChI=1S/C29H27ClF2N6O3/c1-16-10-11-29(16,28(41)33-2)24(39)27(40)38-15-35-23-25(34-14-18-4-3-5-19(30)12-18)36-22(37-26(23)38)9-7-17-6-8-20(31)21(32)13-17/h3-6,8,12-13,15-16,24,27,39-40H,10-11,14H2,1-2H3,(H,33,41)(H,34,36,37)/t16-,24-,27+,29-/m0/s1. The van der Waals surface area contributed by atoms with Crippen molar-refractivity contribution in [3.05, 3.63) is 82.4 Å².